The van der Waals surface area contributed by atoms with Gasteiger partial charge in [0.05, 0.1) is 18.0 Å². The second kappa shape index (κ2) is 12.1. The zero-order valence-electron chi connectivity index (χ0n) is 19.1. The fourth-order valence-corrected chi connectivity index (χ4v) is 4.50. The number of halogens is 2. The zero-order chi connectivity index (χ0) is 25.5. The number of hydrogen-bond acceptors (Lipinski definition) is 7. The number of aromatic hydroxyl groups is 1. The molecule has 0 saturated carbocycles. The predicted molar refractivity (Wildman–Crippen MR) is 147 cm³/mol. The number of hydrazone groups is 1. The van der Waals surface area contributed by atoms with Gasteiger partial charge in [-0.15, -0.1) is 10.2 Å². The summed E-state index contributed by atoms with van der Waals surface area (Å²) in [6.45, 7) is 2.20. The Morgan fingerprint density at radius 2 is 1.92 bits per heavy atom. The van der Waals surface area contributed by atoms with E-state index < -0.39 is 5.25 Å². The van der Waals surface area contributed by atoms with Gasteiger partial charge in [-0.05, 0) is 61.5 Å². The summed E-state index contributed by atoms with van der Waals surface area (Å²) in [7, 11) is 0. The van der Waals surface area contributed by atoms with Crippen LogP contribution in [0.4, 0.5) is 5.69 Å². The molecule has 0 aliphatic heterocycles. The monoisotopic (exact) mass is 584 g/mol. The van der Waals surface area contributed by atoms with Gasteiger partial charge in [0.2, 0.25) is 0 Å². The molecule has 0 bridgehead atoms. The number of phenols is 1. The van der Waals surface area contributed by atoms with Crippen LogP contribution in [0.15, 0.2) is 87.5 Å². The smallest absolute Gasteiger partial charge is 0.253 e. The van der Waals surface area contributed by atoms with Crippen molar-refractivity contribution >= 4 is 57.1 Å². The zero-order valence-corrected chi connectivity index (χ0v) is 22.3. The third-order valence-electron chi connectivity index (χ3n) is 5.03. The number of para-hydroxylation sites is 1. The van der Waals surface area contributed by atoms with Crippen LogP contribution in [-0.4, -0.2) is 37.2 Å². The molecule has 0 saturated heterocycles. The first-order valence-corrected chi connectivity index (χ1v) is 12.9. The summed E-state index contributed by atoms with van der Waals surface area (Å²) in [6.07, 6.45) is 1.34. The van der Waals surface area contributed by atoms with Crippen molar-refractivity contribution in [3.8, 4) is 11.4 Å². The molecule has 4 aromatic rings. The number of nitrogens with zero attached hydrogens (tertiary/aromatic N) is 4. The standard InChI is InChI=1S/C25H22BrClN6O2S/c1-16(24(35)31-29-14-17-13-19(27)9-12-22(17)34)36-25-32-30-23(33(25)21-5-3-2-4-6-21)15-28-20-10-7-18(26)8-11-20/h2-14,16,28,34H,15H2,1H3,(H,31,35)/b29-14+. The number of hydrogen-bond donors (Lipinski definition) is 3. The maximum absolute atomic E-state index is 12.7. The Bertz CT molecular complexity index is 1360. The van der Waals surface area contributed by atoms with Crippen molar-refractivity contribution in [3.63, 3.8) is 0 Å². The van der Waals surface area contributed by atoms with Gasteiger partial charge < -0.3 is 10.4 Å². The molecule has 1 aromatic heterocycles. The van der Waals surface area contributed by atoms with Crippen LogP contribution in [0.3, 0.4) is 0 Å². The van der Waals surface area contributed by atoms with Gasteiger partial charge in [-0.2, -0.15) is 5.10 Å². The number of benzene rings is 3. The first kappa shape index (κ1) is 25.7. The van der Waals surface area contributed by atoms with Gasteiger partial charge in [-0.1, -0.05) is 57.5 Å². The van der Waals surface area contributed by atoms with Crippen LogP contribution in [0.2, 0.25) is 5.02 Å². The molecule has 0 spiro atoms. The molecule has 0 fully saturated rings. The van der Waals surface area contributed by atoms with Crippen LogP contribution in [0.5, 0.6) is 5.75 Å². The van der Waals surface area contributed by atoms with Crippen molar-refractivity contribution in [2.75, 3.05) is 5.32 Å². The fraction of sp³-hybridized carbons (Fsp3) is 0.120. The lowest BCUT2D eigenvalue weighted by atomic mass is 10.2. The molecule has 3 aromatic carbocycles. The number of aromatic nitrogens is 3. The normalized spacial score (nSPS) is 12.0. The summed E-state index contributed by atoms with van der Waals surface area (Å²) < 4.78 is 2.92. The summed E-state index contributed by atoms with van der Waals surface area (Å²) in [4.78, 5) is 12.7. The molecule has 11 heteroatoms. The third kappa shape index (κ3) is 6.66. The lowest BCUT2D eigenvalue weighted by Crippen LogP contribution is -2.27. The average molecular weight is 586 g/mol. The second-order valence-electron chi connectivity index (χ2n) is 7.63. The number of anilines is 1. The summed E-state index contributed by atoms with van der Waals surface area (Å²) in [6, 6.07) is 22.2. The van der Waals surface area contributed by atoms with Gasteiger partial charge in [-0.25, -0.2) is 5.43 Å². The predicted octanol–water partition coefficient (Wildman–Crippen LogP) is 5.63. The minimum Gasteiger partial charge on any atom is -0.507 e. The van der Waals surface area contributed by atoms with Crippen LogP contribution in [0.25, 0.3) is 5.69 Å². The Morgan fingerprint density at radius 1 is 1.17 bits per heavy atom. The molecule has 1 amide bonds. The van der Waals surface area contributed by atoms with Gasteiger partial charge in [0.15, 0.2) is 11.0 Å². The topological polar surface area (TPSA) is 104 Å². The second-order valence-corrected chi connectivity index (χ2v) is 10.3. The molecule has 1 atom stereocenters. The lowest BCUT2D eigenvalue weighted by Gasteiger charge is -2.13. The third-order valence-corrected chi connectivity index (χ3v) is 6.84. The van der Waals surface area contributed by atoms with E-state index in [0.717, 1.165) is 15.8 Å². The maximum atomic E-state index is 12.7. The number of amides is 1. The largest absolute Gasteiger partial charge is 0.507 e. The Hall–Kier alpha value is -3.34. The van der Waals surface area contributed by atoms with E-state index in [2.05, 4.69) is 42.0 Å². The van der Waals surface area contributed by atoms with E-state index >= 15 is 0 Å². The Labute approximate surface area is 225 Å². The number of rotatable bonds is 9. The quantitative estimate of drug-likeness (QED) is 0.134. The number of phenolic OH excluding ortho intramolecular Hbond substituents is 1. The van der Waals surface area contributed by atoms with Crippen LogP contribution < -0.4 is 10.7 Å². The molecule has 0 aliphatic carbocycles. The summed E-state index contributed by atoms with van der Waals surface area (Å²) in [5.74, 6) is 0.392. The summed E-state index contributed by atoms with van der Waals surface area (Å²) >= 11 is 10.7. The fourth-order valence-electron chi connectivity index (χ4n) is 3.17. The van der Waals surface area contributed by atoms with Crippen molar-refractivity contribution in [1.29, 1.82) is 0 Å². The number of carbonyl (C=O) groups is 1. The molecule has 1 unspecified atom stereocenters. The van der Waals surface area contributed by atoms with Crippen LogP contribution >= 0.6 is 39.3 Å². The summed E-state index contributed by atoms with van der Waals surface area (Å²) in [5, 5.41) is 26.4. The van der Waals surface area contributed by atoms with E-state index in [1.807, 2.05) is 59.2 Å². The maximum Gasteiger partial charge on any atom is 0.253 e. The van der Waals surface area contributed by atoms with E-state index in [4.69, 9.17) is 11.6 Å². The highest BCUT2D eigenvalue weighted by Crippen LogP contribution is 2.26. The highest BCUT2D eigenvalue weighted by atomic mass is 79.9. The van der Waals surface area contributed by atoms with E-state index in [-0.39, 0.29) is 11.7 Å². The first-order chi connectivity index (χ1) is 17.4. The Balaban J connectivity index is 1.47. The molecule has 8 nitrogen and oxygen atoms in total. The van der Waals surface area contributed by atoms with Crippen molar-refractivity contribution in [1.82, 2.24) is 20.2 Å². The van der Waals surface area contributed by atoms with E-state index in [9.17, 15) is 9.90 Å². The van der Waals surface area contributed by atoms with Crippen molar-refractivity contribution in [3.05, 3.63) is 93.7 Å². The van der Waals surface area contributed by atoms with Crippen LogP contribution in [-0.2, 0) is 11.3 Å². The van der Waals surface area contributed by atoms with Gasteiger partial charge in [0.1, 0.15) is 5.75 Å². The molecular formula is C25H22BrClN6O2S. The average Bonchev–Trinajstić information content (AvgIpc) is 3.28. The van der Waals surface area contributed by atoms with E-state index in [0.29, 0.717) is 28.1 Å². The van der Waals surface area contributed by atoms with Crippen molar-refractivity contribution in [2.24, 2.45) is 5.10 Å². The van der Waals surface area contributed by atoms with Gasteiger partial charge in [0.25, 0.3) is 5.91 Å². The van der Waals surface area contributed by atoms with Crippen molar-refractivity contribution in [2.45, 2.75) is 23.9 Å². The minimum absolute atomic E-state index is 0.0139. The van der Waals surface area contributed by atoms with Gasteiger partial charge in [0, 0.05) is 26.4 Å². The van der Waals surface area contributed by atoms with Gasteiger partial charge in [-0.3, -0.25) is 9.36 Å². The molecule has 1 heterocycles. The van der Waals surface area contributed by atoms with E-state index in [1.54, 1.807) is 19.1 Å². The summed E-state index contributed by atoms with van der Waals surface area (Å²) in [5.41, 5.74) is 4.73. The Kier molecular flexibility index (Phi) is 8.63. The van der Waals surface area contributed by atoms with Gasteiger partial charge >= 0.3 is 0 Å². The molecule has 184 valence electrons. The van der Waals surface area contributed by atoms with Crippen LogP contribution in [0.1, 0.15) is 18.3 Å². The highest BCUT2D eigenvalue weighted by Gasteiger charge is 2.21. The van der Waals surface area contributed by atoms with Crippen LogP contribution in [0, 0.1) is 0 Å². The minimum atomic E-state index is -0.519. The molecular weight excluding hydrogens is 564 g/mol. The van der Waals surface area contributed by atoms with Crippen molar-refractivity contribution < 1.29 is 9.90 Å². The molecule has 0 radical (unpaired) electrons. The highest BCUT2D eigenvalue weighted by molar-refractivity contribution is 9.10. The lowest BCUT2D eigenvalue weighted by molar-refractivity contribution is -0.120. The molecule has 3 N–H and O–H groups in total. The first-order valence-electron chi connectivity index (χ1n) is 10.9. The number of thioether (sulfide) groups is 1. The molecule has 36 heavy (non-hydrogen) atoms. The Morgan fingerprint density at radius 3 is 2.67 bits per heavy atom. The SMILES string of the molecule is CC(Sc1nnc(CNc2ccc(Br)cc2)n1-c1ccccc1)C(=O)N/N=C/c1cc(Cl)ccc1O. The molecule has 0 aliphatic rings. The number of nitrogens with one attached hydrogen (secondary N) is 2. The number of carbonyl (C=O) groups excluding carboxylic acids is 1. The molecule has 4 rings (SSSR count). The van der Waals surface area contributed by atoms with E-state index in [1.165, 1.54) is 24.0 Å².